The Morgan fingerprint density at radius 1 is 1.18 bits per heavy atom. The van der Waals surface area contributed by atoms with Crippen LogP contribution in [0.1, 0.15) is 18.9 Å². The van der Waals surface area contributed by atoms with E-state index in [0.29, 0.717) is 17.9 Å². The average molecular weight is 449 g/mol. The summed E-state index contributed by atoms with van der Waals surface area (Å²) in [5.74, 6) is -0.288. The first-order chi connectivity index (χ1) is 16.0. The number of piperidine rings is 1. The summed E-state index contributed by atoms with van der Waals surface area (Å²) in [6.07, 6.45) is 6.73. The predicted molar refractivity (Wildman–Crippen MR) is 128 cm³/mol. The molecule has 1 atom stereocenters. The van der Waals surface area contributed by atoms with Crippen molar-refractivity contribution in [2.75, 3.05) is 51.2 Å². The zero-order valence-corrected chi connectivity index (χ0v) is 19.0. The Hall–Kier alpha value is -3.26. The minimum Gasteiger partial charge on any atom is -0.367 e. The molecule has 0 bridgehead atoms. The number of anilines is 1. The van der Waals surface area contributed by atoms with Crippen LogP contribution in [0.25, 0.3) is 22.2 Å². The lowest BCUT2D eigenvalue weighted by Gasteiger charge is -2.34. The monoisotopic (exact) mass is 448 g/mol. The van der Waals surface area contributed by atoms with Crippen LogP contribution in [-0.4, -0.2) is 76.8 Å². The van der Waals surface area contributed by atoms with Gasteiger partial charge in [-0.2, -0.15) is 5.10 Å². The van der Waals surface area contributed by atoms with E-state index in [4.69, 9.17) is 5.10 Å². The van der Waals surface area contributed by atoms with Crippen molar-refractivity contribution >= 4 is 22.5 Å². The van der Waals surface area contributed by atoms with Crippen LogP contribution in [-0.2, 0) is 4.79 Å². The van der Waals surface area contributed by atoms with Crippen LogP contribution in [0.4, 0.5) is 10.1 Å². The van der Waals surface area contributed by atoms with Crippen LogP contribution in [0.2, 0.25) is 0 Å². The van der Waals surface area contributed by atoms with Crippen LogP contribution < -0.4 is 4.90 Å². The second kappa shape index (κ2) is 8.94. The van der Waals surface area contributed by atoms with Gasteiger partial charge < -0.3 is 14.7 Å². The van der Waals surface area contributed by atoms with Gasteiger partial charge in [-0.1, -0.05) is 12.6 Å². The highest BCUT2D eigenvalue weighted by atomic mass is 19.1. The molecule has 8 heteroatoms. The number of carbonyl (C=O) groups is 1. The number of likely N-dealkylation sites (tertiary alicyclic amines) is 1. The zero-order chi connectivity index (χ0) is 22.9. The van der Waals surface area contributed by atoms with Crippen molar-refractivity contribution in [3.63, 3.8) is 0 Å². The number of pyridine rings is 1. The average Bonchev–Trinajstić information content (AvgIpc) is 3.24. The van der Waals surface area contributed by atoms with Crippen molar-refractivity contribution in [2.24, 2.45) is 0 Å². The first kappa shape index (κ1) is 21.6. The van der Waals surface area contributed by atoms with Gasteiger partial charge in [-0.05, 0) is 44.2 Å². The van der Waals surface area contributed by atoms with Gasteiger partial charge in [0.2, 0.25) is 5.91 Å². The van der Waals surface area contributed by atoms with Crippen molar-refractivity contribution in [3.8, 4) is 11.3 Å². The predicted octanol–water partition coefficient (Wildman–Crippen LogP) is 3.34. The van der Waals surface area contributed by atoms with E-state index < -0.39 is 0 Å². The van der Waals surface area contributed by atoms with Crippen molar-refractivity contribution < 1.29 is 9.18 Å². The number of nitrogens with zero attached hydrogens (tertiary/aromatic N) is 6. The number of carbonyl (C=O) groups excluding carboxylic acids is 1. The van der Waals surface area contributed by atoms with Crippen LogP contribution in [0.15, 0.2) is 49.3 Å². The maximum absolute atomic E-state index is 15.2. The minimum atomic E-state index is -0.232. The number of benzene rings is 1. The fraction of sp³-hybridized carbons (Fsp3) is 0.400. The number of amides is 1. The van der Waals surface area contributed by atoms with Gasteiger partial charge in [0.05, 0.1) is 17.2 Å². The lowest BCUT2D eigenvalue weighted by Crippen LogP contribution is -2.44. The van der Waals surface area contributed by atoms with Crippen LogP contribution in [0.5, 0.6) is 0 Å². The van der Waals surface area contributed by atoms with Crippen molar-refractivity contribution in [2.45, 2.75) is 18.9 Å². The van der Waals surface area contributed by atoms with Crippen LogP contribution in [0.3, 0.4) is 0 Å². The first-order valence-corrected chi connectivity index (χ1v) is 11.5. The smallest absolute Gasteiger partial charge is 0.246 e. The molecule has 1 aromatic carbocycles. The lowest BCUT2D eigenvalue weighted by atomic mass is 10.1. The summed E-state index contributed by atoms with van der Waals surface area (Å²) < 4.78 is 17.2. The quantitative estimate of drug-likeness (QED) is 0.573. The fourth-order valence-electron chi connectivity index (χ4n) is 4.92. The molecule has 0 N–H and O–H groups in total. The number of hydrogen-bond acceptors (Lipinski definition) is 5. The Bertz CT molecular complexity index is 1180. The zero-order valence-electron chi connectivity index (χ0n) is 19.0. The first-order valence-electron chi connectivity index (χ1n) is 11.5. The SMILES string of the molecule is C=CC(=O)N1CCC[C@@H](n2nc(-c3ccc(N4CCN(C)CC4)c(F)c3)c3cnccc32)C1. The summed E-state index contributed by atoms with van der Waals surface area (Å²) in [7, 11) is 2.09. The van der Waals surface area contributed by atoms with Gasteiger partial charge in [-0.3, -0.25) is 14.5 Å². The number of hydrogen-bond donors (Lipinski definition) is 0. The standard InChI is InChI=1S/C25H29FN6O/c1-3-24(33)31-10-4-5-19(17-31)32-22-8-9-27-16-20(22)25(28-32)18-6-7-23(21(26)15-18)30-13-11-29(2)12-14-30/h3,6-9,15-16,19H,1,4-5,10-14,17H2,2H3/t19-/m1/s1. The molecular formula is C25H29FN6O. The minimum absolute atomic E-state index is 0.0516. The Balaban J connectivity index is 1.49. The molecule has 0 aliphatic carbocycles. The molecule has 2 fully saturated rings. The molecule has 33 heavy (non-hydrogen) atoms. The molecule has 2 aliphatic rings. The van der Waals surface area contributed by atoms with E-state index in [-0.39, 0.29) is 17.8 Å². The molecular weight excluding hydrogens is 419 g/mol. The van der Waals surface area contributed by atoms with Crippen molar-refractivity contribution in [3.05, 3.63) is 55.1 Å². The van der Waals surface area contributed by atoms with Gasteiger partial charge >= 0.3 is 0 Å². The molecule has 1 amide bonds. The van der Waals surface area contributed by atoms with Crippen molar-refractivity contribution in [1.82, 2.24) is 24.6 Å². The van der Waals surface area contributed by atoms with Crippen LogP contribution in [0, 0.1) is 5.82 Å². The van der Waals surface area contributed by atoms with Gasteiger partial charge in [-0.15, -0.1) is 0 Å². The normalized spacial score (nSPS) is 19.8. The number of likely N-dealkylation sites (N-methyl/N-ethyl adjacent to an activating group) is 1. The van der Waals surface area contributed by atoms with Gasteiger partial charge in [-0.25, -0.2) is 4.39 Å². The Kier molecular flexibility index (Phi) is 5.85. The lowest BCUT2D eigenvalue weighted by molar-refractivity contribution is -0.127. The van der Waals surface area contributed by atoms with E-state index in [0.717, 1.165) is 62.0 Å². The summed E-state index contributed by atoms with van der Waals surface area (Å²) in [5, 5.41) is 5.81. The second-order valence-electron chi connectivity index (χ2n) is 8.93. The van der Waals surface area contributed by atoms with E-state index in [2.05, 4.69) is 28.4 Å². The maximum atomic E-state index is 15.2. The molecule has 5 rings (SSSR count). The van der Waals surface area contributed by atoms with Crippen LogP contribution >= 0.6 is 0 Å². The number of piperazine rings is 1. The molecule has 4 heterocycles. The molecule has 7 nitrogen and oxygen atoms in total. The van der Waals surface area contributed by atoms with E-state index in [1.165, 1.54) is 6.08 Å². The largest absolute Gasteiger partial charge is 0.367 e. The molecule has 0 unspecified atom stereocenters. The Morgan fingerprint density at radius 2 is 2.00 bits per heavy atom. The van der Waals surface area contributed by atoms with Gasteiger partial charge in [0.15, 0.2) is 0 Å². The fourth-order valence-corrected chi connectivity index (χ4v) is 4.92. The third-order valence-electron chi connectivity index (χ3n) is 6.80. The molecule has 2 aromatic heterocycles. The second-order valence-corrected chi connectivity index (χ2v) is 8.93. The number of aromatic nitrogens is 3. The molecule has 0 radical (unpaired) electrons. The molecule has 172 valence electrons. The van der Waals surface area contributed by atoms with Gasteiger partial charge in [0, 0.05) is 62.6 Å². The third-order valence-corrected chi connectivity index (χ3v) is 6.80. The molecule has 0 spiro atoms. The topological polar surface area (TPSA) is 57.5 Å². The number of halogens is 1. The molecule has 2 saturated heterocycles. The van der Waals surface area contributed by atoms with Gasteiger partial charge in [0.1, 0.15) is 11.5 Å². The molecule has 0 saturated carbocycles. The van der Waals surface area contributed by atoms with E-state index >= 15 is 4.39 Å². The summed E-state index contributed by atoms with van der Waals surface area (Å²) in [6, 6.07) is 7.39. The summed E-state index contributed by atoms with van der Waals surface area (Å²) in [5.41, 5.74) is 3.03. The number of rotatable bonds is 4. The Labute approximate surface area is 193 Å². The third kappa shape index (κ3) is 4.11. The summed E-state index contributed by atoms with van der Waals surface area (Å²) in [4.78, 5) is 22.6. The highest BCUT2D eigenvalue weighted by molar-refractivity contribution is 5.93. The Morgan fingerprint density at radius 3 is 2.76 bits per heavy atom. The van der Waals surface area contributed by atoms with E-state index in [1.807, 2.05) is 27.8 Å². The molecule has 3 aromatic rings. The summed E-state index contributed by atoms with van der Waals surface area (Å²) in [6.45, 7) is 8.41. The summed E-state index contributed by atoms with van der Waals surface area (Å²) >= 11 is 0. The van der Waals surface area contributed by atoms with E-state index in [1.54, 1.807) is 18.5 Å². The number of fused-ring (bicyclic) bond motifs is 1. The van der Waals surface area contributed by atoms with Gasteiger partial charge in [0.25, 0.3) is 0 Å². The maximum Gasteiger partial charge on any atom is 0.246 e. The van der Waals surface area contributed by atoms with E-state index in [9.17, 15) is 4.79 Å². The van der Waals surface area contributed by atoms with Crippen molar-refractivity contribution in [1.29, 1.82) is 0 Å². The molecule has 2 aliphatic heterocycles. The highest BCUT2D eigenvalue weighted by Crippen LogP contribution is 2.34. The highest BCUT2D eigenvalue weighted by Gasteiger charge is 2.27.